The van der Waals surface area contributed by atoms with Crippen molar-refractivity contribution in [1.82, 2.24) is 15.0 Å². The van der Waals surface area contributed by atoms with Crippen LogP contribution in [0.5, 0.6) is 0 Å². The highest BCUT2D eigenvalue weighted by molar-refractivity contribution is 5.95. The molecular weight excluding hydrogens is 288 g/mol. The first-order valence-corrected chi connectivity index (χ1v) is 6.86. The fraction of sp³-hybridized carbons (Fsp3) is 0. The van der Waals surface area contributed by atoms with Gasteiger partial charge in [-0.05, 0) is 18.2 Å². The summed E-state index contributed by atoms with van der Waals surface area (Å²) in [6, 6.07) is 8.84. The van der Waals surface area contributed by atoms with E-state index in [1.807, 2.05) is 12.1 Å². The van der Waals surface area contributed by atoms with E-state index in [0.717, 1.165) is 11.3 Å². The van der Waals surface area contributed by atoms with Gasteiger partial charge in [-0.1, -0.05) is 24.0 Å². The van der Waals surface area contributed by atoms with Crippen molar-refractivity contribution in [2.24, 2.45) is 5.73 Å². The van der Waals surface area contributed by atoms with Crippen molar-refractivity contribution >= 4 is 5.91 Å². The summed E-state index contributed by atoms with van der Waals surface area (Å²) in [6.45, 7) is 0. The highest BCUT2D eigenvalue weighted by Crippen LogP contribution is 2.15. The standard InChI is InChI=1S/C18H12N4O/c19-18(23)16-4-2-1-3-14(16)6-5-13-9-15(11-21-10-13)17-12-20-7-8-22-17/h1-4,7-12H,(H2,19,23). The van der Waals surface area contributed by atoms with Gasteiger partial charge in [-0.2, -0.15) is 0 Å². The number of hydrogen-bond acceptors (Lipinski definition) is 4. The number of rotatable bonds is 2. The minimum atomic E-state index is -0.499. The zero-order chi connectivity index (χ0) is 16.1. The Morgan fingerprint density at radius 1 is 1.00 bits per heavy atom. The number of nitrogens with zero attached hydrogens (tertiary/aromatic N) is 3. The summed E-state index contributed by atoms with van der Waals surface area (Å²) < 4.78 is 0. The maximum atomic E-state index is 11.4. The van der Waals surface area contributed by atoms with Crippen molar-refractivity contribution in [2.45, 2.75) is 0 Å². The van der Waals surface area contributed by atoms with Crippen LogP contribution in [-0.2, 0) is 0 Å². The molecule has 5 heteroatoms. The number of benzene rings is 1. The van der Waals surface area contributed by atoms with Gasteiger partial charge in [-0.15, -0.1) is 0 Å². The van der Waals surface area contributed by atoms with Gasteiger partial charge >= 0.3 is 0 Å². The predicted molar refractivity (Wildman–Crippen MR) is 86.2 cm³/mol. The third kappa shape index (κ3) is 3.39. The predicted octanol–water partition coefficient (Wildman–Crippen LogP) is 2.04. The Kier molecular flexibility index (Phi) is 4.07. The molecule has 2 N–H and O–H groups in total. The maximum Gasteiger partial charge on any atom is 0.249 e. The molecule has 0 saturated heterocycles. The Morgan fingerprint density at radius 2 is 1.87 bits per heavy atom. The zero-order valence-corrected chi connectivity index (χ0v) is 12.1. The molecule has 0 atom stereocenters. The summed E-state index contributed by atoms with van der Waals surface area (Å²) in [4.78, 5) is 23.8. The van der Waals surface area contributed by atoms with Crippen molar-refractivity contribution in [3.63, 3.8) is 0 Å². The van der Waals surface area contributed by atoms with E-state index in [1.165, 1.54) is 0 Å². The summed E-state index contributed by atoms with van der Waals surface area (Å²) in [6.07, 6.45) is 8.25. The lowest BCUT2D eigenvalue weighted by molar-refractivity contribution is 0.1000. The SMILES string of the molecule is NC(=O)c1ccccc1C#Cc1cncc(-c2cnccn2)c1. The maximum absolute atomic E-state index is 11.4. The zero-order valence-electron chi connectivity index (χ0n) is 12.1. The molecule has 5 nitrogen and oxygen atoms in total. The van der Waals surface area contributed by atoms with Crippen LogP contribution in [0.15, 0.2) is 61.3 Å². The topological polar surface area (TPSA) is 81.8 Å². The van der Waals surface area contributed by atoms with Gasteiger partial charge in [0.1, 0.15) is 0 Å². The first kappa shape index (κ1) is 14.4. The molecule has 0 bridgehead atoms. The molecule has 0 unspecified atom stereocenters. The Balaban J connectivity index is 1.96. The van der Waals surface area contributed by atoms with Crippen molar-refractivity contribution < 1.29 is 4.79 Å². The number of nitrogens with two attached hydrogens (primary N) is 1. The van der Waals surface area contributed by atoms with Gasteiger partial charge in [0.25, 0.3) is 0 Å². The second kappa shape index (κ2) is 6.50. The molecule has 1 aromatic carbocycles. The van der Waals surface area contributed by atoms with Gasteiger partial charge in [-0.3, -0.25) is 19.7 Å². The van der Waals surface area contributed by atoms with Gasteiger partial charge in [0, 0.05) is 41.5 Å². The quantitative estimate of drug-likeness (QED) is 0.734. The molecule has 0 saturated carbocycles. The fourth-order valence-corrected chi connectivity index (χ4v) is 2.04. The lowest BCUT2D eigenvalue weighted by Crippen LogP contribution is -2.12. The summed E-state index contributed by atoms with van der Waals surface area (Å²) in [7, 11) is 0. The summed E-state index contributed by atoms with van der Waals surface area (Å²) >= 11 is 0. The molecule has 3 aromatic rings. The molecule has 110 valence electrons. The molecule has 23 heavy (non-hydrogen) atoms. The second-order valence-electron chi connectivity index (χ2n) is 4.71. The van der Waals surface area contributed by atoms with Gasteiger partial charge in [0.05, 0.1) is 17.5 Å². The third-order valence-electron chi connectivity index (χ3n) is 3.13. The first-order valence-electron chi connectivity index (χ1n) is 6.86. The second-order valence-corrected chi connectivity index (χ2v) is 4.71. The number of primary amides is 1. The number of hydrogen-bond donors (Lipinski definition) is 1. The van der Waals surface area contributed by atoms with Crippen molar-refractivity contribution in [3.8, 4) is 23.1 Å². The largest absolute Gasteiger partial charge is 0.366 e. The molecule has 3 rings (SSSR count). The molecule has 0 fully saturated rings. The van der Waals surface area contributed by atoms with E-state index in [2.05, 4.69) is 26.8 Å². The van der Waals surface area contributed by atoms with Crippen LogP contribution in [0.4, 0.5) is 0 Å². The third-order valence-corrected chi connectivity index (χ3v) is 3.13. The van der Waals surface area contributed by atoms with Crippen LogP contribution in [0.3, 0.4) is 0 Å². The molecular formula is C18H12N4O. The highest BCUT2D eigenvalue weighted by atomic mass is 16.1. The van der Waals surface area contributed by atoms with E-state index in [0.29, 0.717) is 16.7 Å². The normalized spacial score (nSPS) is 9.74. The van der Waals surface area contributed by atoms with Crippen molar-refractivity contribution in [1.29, 1.82) is 0 Å². The number of aromatic nitrogens is 3. The first-order chi connectivity index (χ1) is 11.2. The van der Waals surface area contributed by atoms with E-state index < -0.39 is 5.91 Å². The van der Waals surface area contributed by atoms with Gasteiger partial charge in [0.15, 0.2) is 0 Å². The highest BCUT2D eigenvalue weighted by Gasteiger charge is 2.04. The number of carbonyl (C=O) groups is 1. The summed E-state index contributed by atoms with van der Waals surface area (Å²) in [5.41, 5.74) is 8.60. The smallest absolute Gasteiger partial charge is 0.249 e. The van der Waals surface area contributed by atoms with E-state index in [1.54, 1.807) is 49.2 Å². The number of amides is 1. The van der Waals surface area contributed by atoms with Crippen LogP contribution in [-0.4, -0.2) is 20.9 Å². The Morgan fingerprint density at radius 3 is 2.65 bits per heavy atom. The number of carbonyl (C=O) groups excluding carboxylic acids is 1. The van der Waals surface area contributed by atoms with Crippen LogP contribution < -0.4 is 5.73 Å². The van der Waals surface area contributed by atoms with Crippen molar-refractivity contribution in [3.05, 3.63) is 78.0 Å². The van der Waals surface area contributed by atoms with Crippen LogP contribution >= 0.6 is 0 Å². The van der Waals surface area contributed by atoms with Crippen LogP contribution in [0.1, 0.15) is 21.5 Å². The van der Waals surface area contributed by atoms with Gasteiger partial charge in [-0.25, -0.2) is 0 Å². The lowest BCUT2D eigenvalue weighted by Gasteiger charge is -2.00. The van der Waals surface area contributed by atoms with Gasteiger partial charge < -0.3 is 5.73 Å². The minimum Gasteiger partial charge on any atom is -0.366 e. The molecule has 0 spiro atoms. The Hall–Kier alpha value is -3.52. The molecule has 2 aromatic heterocycles. The molecule has 0 radical (unpaired) electrons. The average molecular weight is 300 g/mol. The lowest BCUT2D eigenvalue weighted by atomic mass is 10.1. The van der Waals surface area contributed by atoms with E-state index in [4.69, 9.17) is 5.73 Å². The van der Waals surface area contributed by atoms with E-state index in [-0.39, 0.29) is 0 Å². The fourth-order valence-electron chi connectivity index (χ4n) is 2.04. The summed E-state index contributed by atoms with van der Waals surface area (Å²) in [5.74, 6) is 5.46. The van der Waals surface area contributed by atoms with Crippen molar-refractivity contribution in [2.75, 3.05) is 0 Å². The monoisotopic (exact) mass is 300 g/mol. The van der Waals surface area contributed by atoms with Crippen LogP contribution in [0, 0.1) is 11.8 Å². The minimum absolute atomic E-state index is 0.401. The summed E-state index contributed by atoms with van der Waals surface area (Å²) in [5, 5.41) is 0. The van der Waals surface area contributed by atoms with Crippen LogP contribution in [0.2, 0.25) is 0 Å². The molecule has 2 heterocycles. The van der Waals surface area contributed by atoms with Crippen LogP contribution in [0.25, 0.3) is 11.3 Å². The molecule has 0 aliphatic carbocycles. The van der Waals surface area contributed by atoms with Gasteiger partial charge in [0.2, 0.25) is 5.91 Å². The molecule has 0 aliphatic heterocycles. The number of pyridine rings is 1. The Bertz CT molecular complexity index is 911. The van der Waals surface area contributed by atoms with E-state index in [9.17, 15) is 4.79 Å². The van der Waals surface area contributed by atoms with E-state index >= 15 is 0 Å². The average Bonchev–Trinajstić information content (AvgIpc) is 2.61. The molecule has 1 amide bonds. The Labute approximate surface area is 133 Å². The molecule has 0 aliphatic rings.